The summed E-state index contributed by atoms with van der Waals surface area (Å²) in [6, 6.07) is 15.2. The summed E-state index contributed by atoms with van der Waals surface area (Å²) in [6.07, 6.45) is 3.02. The lowest BCUT2D eigenvalue weighted by Gasteiger charge is -2.16. The van der Waals surface area contributed by atoms with Gasteiger partial charge in [-0.25, -0.2) is 0 Å². The molecule has 2 heterocycles. The maximum atomic E-state index is 12.9. The topological polar surface area (TPSA) is 62.3 Å². The third kappa shape index (κ3) is 2.92. The van der Waals surface area contributed by atoms with Crippen LogP contribution in [0.1, 0.15) is 35.7 Å². The van der Waals surface area contributed by atoms with E-state index < -0.39 is 0 Å². The van der Waals surface area contributed by atoms with Crippen molar-refractivity contribution in [3.05, 3.63) is 65.9 Å². The van der Waals surface area contributed by atoms with E-state index >= 15 is 0 Å². The fourth-order valence-electron chi connectivity index (χ4n) is 3.27. The summed E-state index contributed by atoms with van der Waals surface area (Å²) in [7, 11) is 0. The highest BCUT2D eigenvalue weighted by molar-refractivity contribution is 6.11. The second kappa shape index (κ2) is 6.59. The molecule has 3 aromatic rings. The van der Waals surface area contributed by atoms with E-state index in [9.17, 15) is 9.59 Å². The van der Waals surface area contributed by atoms with Crippen molar-refractivity contribution < 1.29 is 9.59 Å². The van der Waals surface area contributed by atoms with Crippen LogP contribution in [0.2, 0.25) is 0 Å². The monoisotopic (exact) mass is 345 g/mol. The number of hydrogen-bond donors (Lipinski definition) is 1. The molecule has 1 N–H and O–H groups in total. The molecule has 0 saturated carbocycles. The number of rotatable bonds is 4. The Kier molecular flexibility index (Phi) is 4.13. The van der Waals surface area contributed by atoms with Crippen molar-refractivity contribution in [3.8, 4) is 0 Å². The van der Waals surface area contributed by atoms with Gasteiger partial charge in [-0.2, -0.15) is 0 Å². The van der Waals surface area contributed by atoms with Gasteiger partial charge in [-0.05, 0) is 48.4 Å². The molecule has 130 valence electrons. The van der Waals surface area contributed by atoms with Gasteiger partial charge in [0.2, 0.25) is 5.91 Å². The Morgan fingerprint density at radius 3 is 2.92 bits per heavy atom. The molecular weight excluding hydrogens is 326 g/mol. The van der Waals surface area contributed by atoms with Crippen LogP contribution >= 0.6 is 0 Å². The lowest BCUT2D eigenvalue weighted by Crippen LogP contribution is -2.22. The molecule has 1 aliphatic heterocycles. The Labute approximate surface area is 151 Å². The minimum Gasteiger partial charge on any atom is -0.326 e. The number of hydrogen-bond acceptors (Lipinski definition) is 3. The van der Waals surface area contributed by atoms with Gasteiger partial charge in [-0.15, -0.1) is 0 Å². The molecule has 0 spiro atoms. The fraction of sp³-hybridized carbons (Fsp3) is 0.190. The van der Waals surface area contributed by atoms with Crippen LogP contribution in [0, 0.1) is 0 Å². The number of pyridine rings is 1. The minimum atomic E-state index is -0.0465. The average molecular weight is 345 g/mol. The van der Waals surface area contributed by atoms with E-state index in [2.05, 4.69) is 10.3 Å². The number of fused-ring (bicyclic) bond motifs is 2. The lowest BCUT2D eigenvalue weighted by atomic mass is 10.1. The Bertz CT molecular complexity index is 1010. The number of anilines is 2. The Morgan fingerprint density at radius 1 is 1.19 bits per heavy atom. The molecule has 0 atom stereocenters. The normalized spacial score (nSPS) is 13.1. The highest BCUT2D eigenvalue weighted by Gasteiger charge is 2.29. The summed E-state index contributed by atoms with van der Waals surface area (Å²) in [5.41, 5.74) is 4.03. The Hall–Kier alpha value is -3.21. The van der Waals surface area contributed by atoms with Crippen LogP contribution in [0.15, 0.2) is 54.7 Å². The van der Waals surface area contributed by atoms with Gasteiger partial charge in [-0.3, -0.25) is 14.6 Å². The standard InChI is InChI=1S/C21H19N3O2/c1-2-4-20(25)23-16-7-6-15-13-24(21(26)18(15)12-16)17-8-9-19-14(11-17)5-3-10-22-19/h3,5-12H,2,4,13H2,1H3,(H,23,25). The number of carbonyl (C=O) groups excluding carboxylic acids is 2. The first-order valence-electron chi connectivity index (χ1n) is 8.75. The molecule has 5 nitrogen and oxygen atoms in total. The highest BCUT2D eigenvalue weighted by Crippen LogP contribution is 2.31. The van der Waals surface area contributed by atoms with Crippen LogP contribution in [0.4, 0.5) is 11.4 Å². The molecule has 0 bridgehead atoms. The van der Waals surface area contributed by atoms with Gasteiger partial charge in [0.15, 0.2) is 0 Å². The van der Waals surface area contributed by atoms with Gasteiger partial charge in [0.1, 0.15) is 0 Å². The van der Waals surface area contributed by atoms with Crippen LogP contribution in [0.5, 0.6) is 0 Å². The molecule has 1 aliphatic rings. The zero-order chi connectivity index (χ0) is 18.1. The molecule has 0 unspecified atom stereocenters. The molecule has 2 amide bonds. The zero-order valence-corrected chi connectivity index (χ0v) is 14.5. The molecule has 1 aromatic heterocycles. The van der Waals surface area contributed by atoms with Crippen molar-refractivity contribution in [1.29, 1.82) is 0 Å². The van der Waals surface area contributed by atoms with Crippen LogP contribution in [0.3, 0.4) is 0 Å². The van der Waals surface area contributed by atoms with E-state index in [1.54, 1.807) is 17.2 Å². The third-order valence-electron chi connectivity index (χ3n) is 4.57. The minimum absolute atomic E-state index is 0.0308. The molecule has 4 rings (SSSR count). The number of aromatic nitrogens is 1. The molecular formula is C21H19N3O2. The van der Waals surface area contributed by atoms with Crippen molar-refractivity contribution in [2.45, 2.75) is 26.3 Å². The first-order chi connectivity index (χ1) is 12.7. The predicted molar refractivity (Wildman–Crippen MR) is 102 cm³/mol. The van der Waals surface area contributed by atoms with Gasteiger partial charge in [0.25, 0.3) is 5.91 Å². The highest BCUT2D eigenvalue weighted by atomic mass is 16.2. The van der Waals surface area contributed by atoms with Crippen LogP contribution in [0.25, 0.3) is 10.9 Å². The van der Waals surface area contributed by atoms with E-state index in [4.69, 9.17) is 0 Å². The number of carbonyl (C=O) groups is 2. The zero-order valence-electron chi connectivity index (χ0n) is 14.5. The summed E-state index contributed by atoms with van der Waals surface area (Å²) in [5, 5.41) is 3.86. The molecule has 0 aliphatic carbocycles. The van der Waals surface area contributed by atoms with Crippen molar-refractivity contribution in [2.24, 2.45) is 0 Å². The summed E-state index contributed by atoms with van der Waals surface area (Å²) >= 11 is 0. The van der Waals surface area contributed by atoms with Crippen LogP contribution < -0.4 is 10.2 Å². The fourth-order valence-corrected chi connectivity index (χ4v) is 3.27. The van der Waals surface area contributed by atoms with Crippen molar-refractivity contribution >= 4 is 34.1 Å². The van der Waals surface area contributed by atoms with Gasteiger partial charge in [-0.1, -0.05) is 19.1 Å². The van der Waals surface area contributed by atoms with Gasteiger partial charge >= 0.3 is 0 Å². The lowest BCUT2D eigenvalue weighted by molar-refractivity contribution is -0.116. The Morgan fingerprint density at radius 2 is 2.08 bits per heavy atom. The molecule has 0 fully saturated rings. The van der Waals surface area contributed by atoms with Crippen molar-refractivity contribution in [3.63, 3.8) is 0 Å². The van der Waals surface area contributed by atoms with Crippen LogP contribution in [-0.2, 0) is 11.3 Å². The molecule has 26 heavy (non-hydrogen) atoms. The maximum absolute atomic E-state index is 12.9. The van der Waals surface area contributed by atoms with Crippen LogP contribution in [-0.4, -0.2) is 16.8 Å². The number of nitrogens with zero attached hydrogens (tertiary/aromatic N) is 2. The summed E-state index contributed by atoms with van der Waals surface area (Å²) in [5.74, 6) is -0.0772. The molecule has 0 radical (unpaired) electrons. The largest absolute Gasteiger partial charge is 0.326 e. The second-order valence-corrected chi connectivity index (χ2v) is 6.44. The average Bonchev–Trinajstić information content (AvgIpc) is 2.98. The third-order valence-corrected chi connectivity index (χ3v) is 4.57. The van der Waals surface area contributed by atoms with Crippen molar-refractivity contribution in [2.75, 3.05) is 10.2 Å². The number of amides is 2. The van der Waals surface area contributed by atoms with Gasteiger partial charge in [0.05, 0.1) is 12.1 Å². The predicted octanol–water partition coefficient (Wildman–Crippen LogP) is 4.13. The summed E-state index contributed by atoms with van der Waals surface area (Å²) < 4.78 is 0. The van der Waals surface area contributed by atoms with E-state index in [-0.39, 0.29) is 11.8 Å². The van der Waals surface area contributed by atoms with Crippen molar-refractivity contribution in [1.82, 2.24) is 4.98 Å². The van der Waals surface area contributed by atoms with Gasteiger partial charge in [0, 0.05) is 34.9 Å². The first-order valence-corrected chi connectivity index (χ1v) is 8.75. The Balaban J connectivity index is 1.61. The summed E-state index contributed by atoms with van der Waals surface area (Å²) in [6.45, 7) is 2.49. The maximum Gasteiger partial charge on any atom is 0.259 e. The van der Waals surface area contributed by atoms with Gasteiger partial charge < -0.3 is 10.2 Å². The number of nitrogens with one attached hydrogen (secondary N) is 1. The van der Waals surface area contributed by atoms with E-state index in [1.807, 2.05) is 49.4 Å². The SMILES string of the molecule is CCCC(=O)Nc1ccc2c(c1)C(=O)N(c1ccc3ncccc3c1)C2. The second-order valence-electron chi connectivity index (χ2n) is 6.44. The first kappa shape index (κ1) is 16.3. The van der Waals surface area contributed by atoms with E-state index in [0.717, 1.165) is 28.6 Å². The molecule has 2 aromatic carbocycles. The molecule has 5 heteroatoms. The van der Waals surface area contributed by atoms with E-state index in [1.165, 1.54) is 0 Å². The smallest absolute Gasteiger partial charge is 0.259 e. The quantitative estimate of drug-likeness (QED) is 0.773. The molecule has 0 saturated heterocycles. The number of benzene rings is 2. The summed E-state index contributed by atoms with van der Waals surface area (Å²) in [4.78, 5) is 30.8. The van der Waals surface area contributed by atoms with E-state index in [0.29, 0.717) is 24.2 Å².